The summed E-state index contributed by atoms with van der Waals surface area (Å²) in [5.41, 5.74) is 11.8. The first kappa shape index (κ1) is 30.3. The second kappa shape index (κ2) is 12.1. The van der Waals surface area contributed by atoms with Crippen molar-refractivity contribution in [1.82, 2.24) is 19.1 Å². The van der Waals surface area contributed by atoms with E-state index < -0.39 is 0 Å². The van der Waals surface area contributed by atoms with Gasteiger partial charge >= 0.3 is 0 Å². The van der Waals surface area contributed by atoms with Crippen LogP contribution in [0.5, 0.6) is 0 Å². The molecule has 7 aromatic carbocycles. The molecule has 0 N–H and O–H groups in total. The lowest BCUT2D eigenvalue weighted by Crippen LogP contribution is -1.99. The molecule has 0 aliphatic rings. The molecule has 0 atom stereocenters. The first-order valence-corrected chi connectivity index (χ1v) is 18.3. The zero-order chi connectivity index (χ0) is 35.6. The summed E-state index contributed by atoms with van der Waals surface area (Å²) in [6, 6.07) is 69.0. The van der Waals surface area contributed by atoms with Gasteiger partial charge in [-0.25, -0.2) is 9.97 Å². The fraction of sp³-hybridized carbons (Fsp3) is 0. The van der Waals surface area contributed by atoms with E-state index in [0.29, 0.717) is 0 Å². The van der Waals surface area contributed by atoms with Gasteiger partial charge in [-0.3, -0.25) is 4.57 Å². The van der Waals surface area contributed by atoms with Crippen LogP contribution in [-0.4, -0.2) is 19.1 Å². The van der Waals surface area contributed by atoms with Gasteiger partial charge in [-0.2, -0.15) is 0 Å². The Morgan fingerprint density at radius 2 is 0.759 bits per heavy atom. The summed E-state index contributed by atoms with van der Waals surface area (Å²) < 4.78 is 4.73. The highest BCUT2D eigenvalue weighted by atomic mass is 15.1. The Morgan fingerprint density at radius 3 is 1.31 bits per heavy atom. The zero-order valence-corrected chi connectivity index (χ0v) is 29.3. The number of rotatable bonds is 5. The third-order valence-electron chi connectivity index (χ3n) is 10.7. The van der Waals surface area contributed by atoms with Gasteiger partial charge in [0.2, 0.25) is 0 Å². The highest BCUT2D eigenvalue weighted by Crippen LogP contribution is 2.40. The fourth-order valence-electron chi connectivity index (χ4n) is 8.18. The van der Waals surface area contributed by atoms with Crippen LogP contribution in [0.4, 0.5) is 0 Å². The summed E-state index contributed by atoms with van der Waals surface area (Å²) in [6.07, 6.45) is 0. The van der Waals surface area contributed by atoms with Crippen LogP contribution in [0.3, 0.4) is 0 Å². The average Bonchev–Trinajstić information content (AvgIpc) is 3.74. The summed E-state index contributed by atoms with van der Waals surface area (Å²) in [6.45, 7) is 0. The Kier molecular flexibility index (Phi) is 6.82. The minimum Gasteiger partial charge on any atom is -0.309 e. The van der Waals surface area contributed by atoms with E-state index in [1.807, 2.05) is 6.07 Å². The van der Waals surface area contributed by atoms with Gasteiger partial charge < -0.3 is 4.57 Å². The standard InChI is InChI=1S/C50H32N4/c1-4-15-33(16-5-1)43-23-14-26-50(52-43)54-47-25-13-11-22-40(47)42-28-36-29-48-41(27-37(36)30-49(42)54)39-21-10-12-24-46(39)53(48)38-31-44(34-17-6-2-7-18-34)51-45(32-38)35-19-8-3-9-20-35/h1-32H. The van der Waals surface area contributed by atoms with Crippen molar-refractivity contribution >= 4 is 54.4 Å². The molecule has 0 aliphatic heterocycles. The van der Waals surface area contributed by atoms with Gasteiger partial charge in [0, 0.05) is 38.2 Å². The minimum atomic E-state index is 0.903. The van der Waals surface area contributed by atoms with E-state index in [1.54, 1.807) is 0 Å². The van der Waals surface area contributed by atoms with Crippen molar-refractivity contribution in [3.63, 3.8) is 0 Å². The number of benzene rings is 7. The molecule has 0 bridgehead atoms. The SMILES string of the molecule is c1ccc(-c2cc(-n3c4ccccc4c4cc5cc6c(cc5cc43)c3ccccc3n6-c3cccc(-c4ccccc4)n3)cc(-c3ccccc3)n2)cc1. The Bertz CT molecular complexity index is 3140. The van der Waals surface area contributed by atoms with Crippen molar-refractivity contribution < 1.29 is 0 Å². The topological polar surface area (TPSA) is 35.6 Å². The Labute approximate surface area is 311 Å². The van der Waals surface area contributed by atoms with Crippen LogP contribution >= 0.6 is 0 Å². The third-order valence-corrected chi connectivity index (χ3v) is 10.7. The quantitative estimate of drug-likeness (QED) is 0.180. The zero-order valence-electron chi connectivity index (χ0n) is 29.3. The summed E-state index contributed by atoms with van der Waals surface area (Å²) in [5, 5.41) is 7.21. The normalized spacial score (nSPS) is 11.7. The van der Waals surface area contributed by atoms with E-state index >= 15 is 0 Å². The summed E-state index contributed by atoms with van der Waals surface area (Å²) in [4.78, 5) is 10.4. The molecule has 4 heteroatoms. The Balaban J connectivity index is 1.17. The maximum Gasteiger partial charge on any atom is 0.138 e. The molecule has 0 saturated heterocycles. The van der Waals surface area contributed by atoms with E-state index in [2.05, 4.69) is 197 Å². The Hall–Kier alpha value is -7.30. The number of pyridine rings is 2. The molecule has 0 saturated carbocycles. The van der Waals surface area contributed by atoms with Gasteiger partial charge in [0.25, 0.3) is 0 Å². The van der Waals surface area contributed by atoms with Crippen molar-refractivity contribution in [3.8, 4) is 45.3 Å². The van der Waals surface area contributed by atoms with E-state index in [1.165, 1.54) is 32.3 Å². The van der Waals surface area contributed by atoms with Crippen LogP contribution in [0.1, 0.15) is 0 Å². The van der Waals surface area contributed by atoms with Gasteiger partial charge in [0.15, 0.2) is 0 Å². The van der Waals surface area contributed by atoms with Crippen LogP contribution < -0.4 is 0 Å². The first-order valence-electron chi connectivity index (χ1n) is 18.3. The number of aromatic nitrogens is 4. The summed E-state index contributed by atoms with van der Waals surface area (Å²) in [5.74, 6) is 0.903. The lowest BCUT2D eigenvalue weighted by Gasteiger charge is -2.13. The van der Waals surface area contributed by atoms with Gasteiger partial charge in [0.05, 0.1) is 44.8 Å². The van der Waals surface area contributed by atoms with E-state index in [9.17, 15) is 0 Å². The van der Waals surface area contributed by atoms with Crippen LogP contribution in [0, 0.1) is 0 Å². The van der Waals surface area contributed by atoms with Crippen molar-refractivity contribution in [2.45, 2.75) is 0 Å². The number of hydrogen-bond donors (Lipinski definition) is 0. The smallest absolute Gasteiger partial charge is 0.138 e. The van der Waals surface area contributed by atoms with Crippen LogP contribution in [0.15, 0.2) is 194 Å². The highest BCUT2D eigenvalue weighted by molar-refractivity contribution is 6.18. The highest BCUT2D eigenvalue weighted by Gasteiger charge is 2.19. The largest absolute Gasteiger partial charge is 0.309 e. The van der Waals surface area contributed by atoms with E-state index in [4.69, 9.17) is 9.97 Å². The molecule has 0 spiro atoms. The molecule has 0 fully saturated rings. The Morgan fingerprint density at radius 1 is 0.296 bits per heavy atom. The van der Waals surface area contributed by atoms with Gasteiger partial charge in [-0.05, 0) is 71.4 Å². The average molecular weight is 689 g/mol. The minimum absolute atomic E-state index is 0.903. The van der Waals surface area contributed by atoms with Crippen molar-refractivity contribution in [2.24, 2.45) is 0 Å². The molecule has 4 nitrogen and oxygen atoms in total. The second-order valence-corrected chi connectivity index (χ2v) is 13.9. The second-order valence-electron chi connectivity index (χ2n) is 13.9. The number of fused-ring (bicyclic) bond motifs is 7. The monoisotopic (exact) mass is 688 g/mol. The van der Waals surface area contributed by atoms with Crippen LogP contribution in [-0.2, 0) is 0 Å². The molecule has 11 aromatic rings. The molecule has 0 unspecified atom stereocenters. The van der Waals surface area contributed by atoms with E-state index in [-0.39, 0.29) is 0 Å². The molecule has 252 valence electrons. The molecular formula is C50H32N4. The molecule has 4 aromatic heterocycles. The maximum atomic E-state index is 5.21. The molecule has 4 heterocycles. The van der Waals surface area contributed by atoms with Crippen molar-refractivity contribution in [1.29, 1.82) is 0 Å². The molecule has 11 rings (SSSR count). The van der Waals surface area contributed by atoms with Crippen LogP contribution in [0.25, 0.3) is 99.7 Å². The van der Waals surface area contributed by atoms with Crippen molar-refractivity contribution in [2.75, 3.05) is 0 Å². The van der Waals surface area contributed by atoms with Gasteiger partial charge in [-0.1, -0.05) is 133 Å². The van der Waals surface area contributed by atoms with Gasteiger partial charge in [-0.15, -0.1) is 0 Å². The third kappa shape index (κ3) is 4.85. The molecule has 0 amide bonds. The number of nitrogens with zero attached hydrogens (tertiary/aromatic N) is 4. The predicted octanol–water partition coefficient (Wildman–Crippen LogP) is 12.8. The lowest BCUT2D eigenvalue weighted by molar-refractivity contribution is 1.08. The number of hydrogen-bond acceptors (Lipinski definition) is 2. The summed E-state index contributed by atoms with van der Waals surface area (Å²) in [7, 11) is 0. The van der Waals surface area contributed by atoms with Gasteiger partial charge in [0.1, 0.15) is 5.82 Å². The molecular weight excluding hydrogens is 657 g/mol. The first-order chi connectivity index (χ1) is 26.8. The predicted molar refractivity (Wildman–Crippen MR) is 225 cm³/mol. The fourth-order valence-corrected chi connectivity index (χ4v) is 8.18. The van der Waals surface area contributed by atoms with Crippen LogP contribution in [0.2, 0.25) is 0 Å². The molecule has 54 heavy (non-hydrogen) atoms. The maximum absolute atomic E-state index is 5.21. The van der Waals surface area contributed by atoms with E-state index in [0.717, 1.165) is 67.3 Å². The molecule has 0 radical (unpaired) electrons. The molecule has 0 aliphatic carbocycles. The summed E-state index contributed by atoms with van der Waals surface area (Å²) >= 11 is 0. The van der Waals surface area contributed by atoms with Crippen molar-refractivity contribution in [3.05, 3.63) is 194 Å². The lowest BCUT2D eigenvalue weighted by atomic mass is 10.0. The number of para-hydroxylation sites is 2.